The Balaban J connectivity index is 2.28. The molecule has 0 heterocycles. The van der Waals surface area contributed by atoms with E-state index >= 15 is 0 Å². The van der Waals surface area contributed by atoms with Gasteiger partial charge in [-0.2, -0.15) is 7.05 Å². The number of hydrogen-bond acceptors (Lipinski definition) is 0. The number of benzene rings is 1. The predicted octanol–water partition coefficient (Wildman–Crippen LogP) is 2.62. The van der Waals surface area contributed by atoms with Crippen molar-refractivity contribution in [2.45, 2.75) is 12.8 Å². The molecular weight excluding hydrogens is 134 g/mol. The van der Waals surface area contributed by atoms with Crippen molar-refractivity contribution >= 4 is 0 Å². The van der Waals surface area contributed by atoms with Crippen LogP contribution in [0.4, 0.5) is 0 Å². The molecular formula is C10H14N-. The molecule has 0 atom stereocenters. The fourth-order valence-electron chi connectivity index (χ4n) is 1.09. The molecule has 0 aromatic heterocycles. The van der Waals surface area contributed by atoms with Gasteiger partial charge >= 0.3 is 0 Å². The fraction of sp³-hybridized carbons (Fsp3) is 0.400. The Morgan fingerprint density at radius 3 is 2.55 bits per heavy atom. The average Bonchev–Trinajstić information content (AvgIpc) is 2.07. The first-order valence-corrected chi connectivity index (χ1v) is 4.03. The van der Waals surface area contributed by atoms with Crippen molar-refractivity contribution in [3.8, 4) is 0 Å². The van der Waals surface area contributed by atoms with Gasteiger partial charge in [0.2, 0.25) is 0 Å². The molecule has 0 radical (unpaired) electrons. The molecule has 1 heteroatoms. The summed E-state index contributed by atoms with van der Waals surface area (Å²) in [5.74, 6) is 0. The van der Waals surface area contributed by atoms with Gasteiger partial charge in [-0.25, -0.2) is 0 Å². The summed E-state index contributed by atoms with van der Waals surface area (Å²) in [4.78, 5) is 0. The molecule has 0 N–H and O–H groups in total. The van der Waals surface area contributed by atoms with Gasteiger partial charge in [0.05, 0.1) is 0 Å². The lowest BCUT2D eigenvalue weighted by molar-refractivity contribution is 0.875. The van der Waals surface area contributed by atoms with Gasteiger partial charge in [-0.05, 0) is 12.0 Å². The first kappa shape index (κ1) is 8.28. The molecule has 0 saturated heterocycles. The number of nitrogens with zero attached hydrogens (tertiary/aromatic N) is 1. The smallest absolute Gasteiger partial charge is 0.0295 e. The van der Waals surface area contributed by atoms with Crippen LogP contribution in [0, 0.1) is 0 Å². The highest BCUT2D eigenvalue weighted by atomic mass is 14.8. The summed E-state index contributed by atoms with van der Waals surface area (Å²) in [6.45, 7) is 0.981. The van der Waals surface area contributed by atoms with Gasteiger partial charge in [-0.1, -0.05) is 36.8 Å². The van der Waals surface area contributed by atoms with Gasteiger partial charge in [0.15, 0.2) is 0 Å². The summed E-state index contributed by atoms with van der Waals surface area (Å²) in [7, 11) is 1.87. The summed E-state index contributed by atoms with van der Waals surface area (Å²) in [6.07, 6.45) is 2.32. The van der Waals surface area contributed by atoms with Gasteiger partial charge in [0, 0.05) is 0 Å². The molecule has 0 aliphatic rings. The first-order valence-electron chi connectivity index (χ1n) is 4.03. The molecule has 0 spiro atoms. The molecule has 1 aromatic carbocycles. The summed E-state index contributed by atoms with van der Waals surface area (Å²) in [5, 5.41) is 4.05. The van der Waals surface area contributed by atoms with E-state index in [2.05, 4.69) is 29.6 Å². The van der Waals surface area contributed by atoms with Crippen LogP contribution in [0.3, 0.4) is 0 Å². The molecule has 0 aliphatic carbocycles. The highest BCUT2D eigenvalue weighted by Crippen LogP contribution is 2.02. The van der Waals surface area contributed by atoms with Crippen molar-refractivity contribution in [2.24, 2.45) is 0 Å². The molecule has 0 aliphatic heterocycles. The third kappa shape index (κ3) is 3.19. The van der Waals surface area contributed by atoms with E-state index in [9.17, 15) is 0 Å². The summed E-state index contributed by atoms with van der Waals surface area (Å²) < 4.78 is 0. The normalized spacial score (nSPS) is 9.91. The molecule has 11 heavy (non-hydrogen) atoms. The lowest BCUT2D eigenvalue weighted by Gasteiger charge is -2.09. The van der Waals surface area contributed by atoms with E-state index in [0.717, 1.165) is 13.0 Å². The Morgan fingerprint density at radius 1 is 1.18 bits per heavy atom. The molecule has 0 unspecified atom stereocenters. The van der Waals surface area contributed by atoms with E-state index in [1.165, 1.54) is 12.0 Å². The maximum absolute atomic E-state index is 4.05. The predicted molar refractivity (Wildman–Crippen MR) is 48.9 cm³/mol. The SMILES string of the molecule is C[N-]CCCc1ccccc1. The molecule has 1 rings (SSSR count). The third-order valence-corrected chi connectivity index (χ3v) is 1.69. The van der Waals surface area contributed by atoms with Gasteiger partial charge < -0.3 is 5.32 Å². The molecule has 1 aromatic rings. The van der Waals surface area contributed by atoms with Gasteiger partial charge in [-0.3, -0.25) is 0 Å². The van der Waals surface area contributed by atoms with Crippen LogP contribution < -0.4 is 0 Å². The first-order chi connectivity index (χ1) is 5.43. The van der Waals surface area contributed by atoms with E-state index in [-0.39, 0.29) is 0 Å². The van der Waals surface area contributed by atoms with Crippen LogP contribution in [0.15, 0.2) is 30.3 Å². The lowest BCUT2D eigenvalue weighted by Crippen LogP contribution is -1.87. The van der Waals surface area contributed by atoms with E-state index < -0.39 is 0 Å². The van der Waals surface area contributed by atoms with Crippen LogP contribution in [-0.2, 0) is 6.42 Å². The maximum Gasteiger partial charge on any atom is -0.0295 e. The Bertz CT molecular complexity index is 181. The minimum Gasteiger partial charge on any atom is -0.665 e. The third-order valence-electron chi connectivity index (χ3n) is 1.69. The van der Waals surface area contributed by atoms with Crippen molar-refractivity contribution in [3.63, 3.8) is 0 Å². The quantitative estimate of drug-likeness (QED) is 0.583. The van der Waals surface area contributed by atoms with Crippen molar-refractivity contribution in [1.82, 2.24) is 0 Å². The summed E-state index contributed by atoms with van der Waals surface area (Å²) in [5.41, 5.74) is 1.41. The zero-order valence-electron chi connectivity index (χ0n) is 6.96. The van der Waals surface area contributed by atoms with E-state index in [4.69, 9.17) is 0 Å². The Hall–Kier alpha value is -0.820. The highest BCUT2D eigenvalue weighted by Gasteiger charge is 1.86. The Kier molecular flexibility index (Phi) is 3.70. The van der Waals surface area contributed by atoms with Crippen LogP contribution in [-0.4, -0.2) is 13.6 Å². The number of rotatable bonds is 4. The minimum atomic E-state index is 0.981. The molecule has 0 amide bonds. The van der Waals surface area contributed by atoms with E-state index in [0.29, 0.717) is 0 Å². The van der Waals surface area contributed by atoms with Crippen molar-refractivity contribution in [2.75, 3.05) is 13.6 Å². The maximum atomic E-state index is 4.05. The zero-order valence-corrected chi connectivity index (χ0v) is 6.96. The van der Waals surface area contributed by atoms with Crippen LogP contribution in [0.1, 0.15) is 12.0 Å². The zero-order chi connectivity index (χ0) is 7.94. The van der Waals surface area contributed by atoms with E-state index in [1.807, 2.05) is 13.1 Å². The second kappa shape index (κ2) is 4.91. The molecule has 0 fully saturated rings. The van der Waals surface area contributed by atoms with Crippen LogP contribution in [0.25, 0.3) is 5.32 Å². The Labute approximate surface area is 68.4 Å². The van der Waals surface area contributed by atoms with Crippen LogP contribution >= 0.6 is 0 Å². The number of aryl methyl sites for hydroxylation is 1. The van der Waals surface area contributed by atoms with Gasteiger partial charge in [0.1, 0.15) is 0 Å². The van der Waals surface area contributed by atoms with Crippen molar-refractivity contribution in [3.05, 3.63) is 41.2 Å². The highest BCUT2D eigenvalue weighted by molar-refractivity contribution is 5.14. The Morgan fingerprint density at radius 2 is 1.91 bits per heavy atom. The lowest BCUT2D eigenvalue weighted by atomic mass is 10.1. The topological polar surface area (TPSA) is 14.1 Å². The summed E-state index contributed by atoms with van der Waals surface area (Å²) in [6, 6.07) is 10.5. The second-order valence-corrected chi connectivity index (χ2v) is 2.63. The second-order valence-electron chi connectivity index (χ2n) is 2.63. The van der Waals surface area contributed by atoms with Crippen LogP contribution in [0.5, 0.6) is 0 Å². The monoisotopic (exact) mass is 148 g/mol. The van der Waals surface area contributed by atoms with Gasteiger partial charge in [-0.15, -0.1) is 6.54 Å². The van der Waals surface area contributed by atoms with Crippen molar-refractivity contribution < 1.29 is 0 Å². The summed E-state index contributed by atoms with van der Waals surface area (Å²) >= 11 is 0. The van der Waals surface area contributed by atoms with E-state index in [1.54, 1.807) is 0 Å². The van der Waals surface area contributed by atoms with Crippen LogP contribution in [0.2, 0.25) is 0 Å². The minimum absolute atomic E-state index is 0.981. The molecule has 1 nitrogen and oxygen atoms in total. The molecule has 0 saturated carbocycles. The van der Waals surface area contributed by atoms with Gasteiger partial charge in [0.25, 0.3) is 0 Å². The van der Waals surface area contributed by atoms with Crippen molar-refractivity contribution in [1.29, 1.82) is 0 Å². The standard InChI is InChI=1S/C10H14N/c1-11-9-5-8-10-6-3-2-4-7-10/h2-4,6-7H,5,8-9H2,1H3/q-1. The molecule has 0 bridgehead atoms. The largest absolute Gasteiger partial charge is 0.665 e. The molecule has 60 valence electrons. The number of hydrogen-bond donors (Lipinski definition) is 0. The average molecular weight is 148 g/mol. The fourth-order valence-corrected chi connectivity index (χ4v) is 1.09.